The molecule has 0 saturated carbocycles. The molecule has 0 saturated heterocycles. The molecule has 1 rings (SSSR count). The van der Waals surface area contributed by atoms with Gasteiger partial charge in [-0.25, -0.2) is 0 Å². The van der Waals surface area contributed by atoms with E-state index in [2.05, 4.69) is 5.09 Å². The molecular weight excluding hydrogens is 215 g/mol. The van der Waals surface area contributed by atoms with Crippen molar-refractivity contribution in [2.24, 2.45) is 11.0 Å². The molecule has 1 aromatic carbocycles. The highest BCUT2D eigenvalue weighted by Gasteiger charge is 2.10. The molecule has 0 unspecified atom stereocenters. The van der Waals surface area contributed by atoms with Crippen LogP contribution in [0.15, 0.2) is 18.2 Å². The first-order valence-electron chi connectivity index (χ1n) is 4.25. The van der Waals surface area contributed by atoms with Crippen molar-refractivity contribution in [2.75, 3.05) is 24.1 Å². The zero-order valence-electron chi connectivity index (χ0n) is 8.64. The van der Waals surface area contributed by atoms with E-state index in [0.29, 0.717) is 11.4 Å². The van der Waals surface area contributed by atoms with Crippen LogP contribution in [0.1, 0.15) is 0 Å². The number of hydrogen-bond donors (Lipinski definition) is 4. The predicted octanol–water partition coefficient (Wildman–Crippen LogP) is 0.896. The molecule has 0 aliphatic carbocycles. The number of anilines is 2. The topological polar surface area (TPSA) is 105 Å². The predicted molar refractivity (Wildman–Crippen MR) is 62.0 cm³/mol. The normalized spacial score (nSPS) is 11.2. The molecular formula is C8H15N4O2P. The number of benzene rings is 1. The van der Waals surface area contributed by atoms with Crippen molar-refractivity contribution in [1.29, 1.82) is 0 Å². The maximum absolute atomic E-state index is 11.1. The van der Waals surface area contributed by atoms with E-state index in [1.54, 1.807) is 31.1 Å². The fraction of sp³-hybridized carbons (Fsp3) is 0.250. The van der Waals surface area contributed by atoms with Crippen molar-refractivity contribution in [3.63, 3.8) is 0 Å². The molecule has 1 aromatic rings. The number of phenolic OH excluding ortho intramolecular Hbond substituents is 1. The zero-order valence-corrected chi connectivity index (χ0v) is 9.53. The lowest BCUT2D eigenvalue weighted by Gasteiger charge is -2.16. The monoisotopic (exact) mass is 230 g/mol. The summed E-state index contributed by atoms with van der Waals surface area (Å²) in [5.41, 5.74) is 11.4. The van der Waals surface area contributed by atoms with Gasteiger partial charge in [0.2, 0.25) is 0 Å². The Kier molecular flexibility index (Phi) is 3.24. The summed E-state index contributed by atoms with van der Waals surface area (Å²) in [5.74, 6) is 0.0680. The number of aromatic hydroxyl groups is 1. The van der Waals surface area contributed by atoms with E-state index < -0.39 is 7.59 Å². The van der Waals surface area contributed by atoms with E-state index >= 15 is 0 Å². The van der Waals surface area contributed by atoms with Crippen LogP contribution in [-0.2, 0) is 4.57 Å². The lowest BCUT2D eigenvalue weighted by atomic mass is 10.2. The van der Waals surface area contributed by atoms with Gasteiger partial charge in [-0.15, -0.1) is 0 Å². The van der Waals surface area contributed by atoms with Crippen molar-refractivity contribution in [3.8, 4) is 5.75 Å². The SMILES string of the molecule is CN(C)c1ccc(NP(N)(N)=O)cc1O. The summed E-state index contributed by atoms with van der Waals surface area (Å²) in [5, 5.41) is 12.0. The Balaban J connectivity index is 2.97. The Morgan fingerprint density at radius 1 is 1.40 bits per heavy atom. The highest BCUT2D eigenvalue weighted by atomic mass is 31.2. The summed E-state index contributed by atoms with van der Waals surface area (Å²) in [6, 6.07) is 4.73. The number of phenols is 1. The fourth-order valence-corrected chi connectivity index (χ4v) is 1.72. The number of nitrogens with two attached hydrogens (primary N) is 2. The van der Waals surface area contributed by atoms with Crippen molar-refractivity contribution in [3.05, 3.63) is 18.2 Å². The molecule has 0 amide bonds. The van der Waals surface area contributed by atoms with Gasteiger partial charge in [0.25, 0.3) is 7.59 Å². The van der Waals surface area contributed by atoms with Crippen LogP contribution < -0.4 is 21.0 Å². The average Bonchev–Trinajstić information content (AvgIpc) is 1.99. The molecule has 15 heavy (non-hydrogen) atoms. The number of rotatable bonds is 3. The third-order valence-corrected chi connectivity index (χ3v) is 2.37. The Morgan fingerprint density at radius 3 is 2.40 bits per heavy atom. The largest absolute Gasteiger partial charge is 0.506 e. The quantitative estimate of drug-likeness (QED) is 0.575. The van der Waals surface area contributed by atoms with Gasteiger partial charge in [0.05, 0.1) is 5.69 Å². The first-order chi connectivity index (χ1) is 6.79. The first-order valence-corrected chi connectivity index (χ1v) is 6.10. The van der Waals surface area contributed by atoms with Crippen LogP contribution in [0.4, 0.5) is 11.4 Å². The number of hydrogen-bond acceptors (Lipinski definition) is 3. The van der Waals surface area contributed by atoms with Crippen molar-refractivity contribution in [1.82, 2.24) is 0 Å². The zero-order chi connectivity index (χ0) is 11.6. The van der Waals surface area contributed by atoms with E-state index in [-0.39, 0.29) is 5.75 Å². The van der Waals surface area contributed by atoms with Gasteiger partial charge in [0, 0.05) is 25.8 Å². The minimum absolute atomic E-state index is 0.0680. The van der Waals surface area contributed by atoms with Crippen LogP contribution in [0.5, 0.6) is 5.75 Å². The fourth-order valence-electron chi connectivity index (χ4n) is 1.17. The van der Waals surface area contributed by atoms with Crippen molar-refractivity contribution < 1.29 is 9.67 Å². The lowest BCUT2D eigenvalue weighted by Crippen LogP contribution is -2.13. The molecule has 0 aliphatic rings. The Hall–Kier alpha value is -1.23. The van der Waals surface area contributed by atoms with Crippen LogP contribution in [0.3, 0.4) is 0 Å². The highest BCUT2D eigenvalue weighted by molar-refractivity contribution is 7.60. The molecule has 0 heterocycles. The van der Waals surface area contributed by atoms with Crippen molar-refractivity contribution in [2.45, 2.75) is 0 Å². The van der Waals surface area contributed by atoms with Gasteiger partial charge in [0.15, 0.2) is 0 Å². The second kappa shape index (κ2) is 4.10. The molecule has 0 fully saturated rings. The van der Waals surface area contributed by atoms with Gasteiger partial charge in [-0.3, -0.25) is 15.6 Å². The van der Waals surface area contributed by atoms with E-state index in [0.717, 1.165) is 0 Å². The molecule has 7 heteroatoms. The van der Waals surface area contributed by atoms with Crippen LogP contribution in [0.25, 0.3) is 0 Å². The van der Waals surface area contributed by atoms with Gasteiger partial charge in [-0.2, -0.15) is 0 Å². The summed E-state index contributed by atoms with van der Waals surface area (Å²) in [6.45, 7) is 0. The summed E-state index contributed by atoms with van der Waals surface area (Å²) in [6.07, 6.45) is 0. The summed E-state index contributed by atoms with van der Waals surface area (Å²) in [7, 11) is 0.288. The molecule has 6 nitrogen and oxygen atoms in total. The van der Waals surface area contributed by atoms with Crippen LogP contribution in [-0.4, -0.2) is 19.2 Å². The Morgan fingerprint density at radius 2 is 2.00 bits per heavy atom. The van der Waals surface area contributed by atoms with E-state index in [1.165, 1.54) is 6.07 Å². The van der Waals surface area contributed by atoms with Crippen LogP contribution in [0.2, 0.25) is 0 Å². The highest BCUT2D eigenvalue weighted by Crippen LogP contribution is 2.33. The van der Waals surface area contributed by atoms with Crippen molar-refractivity contribution >= 4 is 19.0 Å². The molecule has 6 N–H and O–H groups in total. The third kappa shape index (κ3) is 3.43. The molecule has 0 aliphatic heterocycles. The maximum Gasteiger partial charge on any atom is 0.298 e. The molecule has 84 valence electrons. The molecule has 0 radical (unpaired) electrons. The minimum atomic E-state index is -3.32. The smallest absolute Gasteiger partial charge is 0.298 e. The summed E-state index contributed by atoms with van der Waals surface area (Å²) in [4.78, 5) is 1.75. The van der Waals surface area contributed by atoms with Gasteiger partial charge < -0.3 is 15.1 Å². The lowest BCUT2D eigenvalue weighted by molar-refractivity contribution is 0.476. The molecule has 0 atom stereocenters. The molecule has 0 bridgehead atoms. The Bertz CT molecular complexity index is 402. The summed E-state index contributed by atoms with van der Waals surface area (Å²) < 4.78 is 11.1. The van der Waals surface area contributed by atoms with E-state index in [9.17, 15) is 9.67 Å². The van der Waals surface area contributed by atoms with Crippen LogP contribution in [0, 0.1) is 0 Å². The number of nitrogens with one attached hydrogen (secondary N) is 1. The average molecular weight is 230 g/mol. The standard InChI is InChI=1S/C8H15N4O2P/c1-12(2)7-4-3-6(5-8(7)13)11-15(9,10)14/h3-5,13H,1-2H3,(H5,9,10,11,14). The second-order valence-corrected chi connectivity index (χ2v) is 5.06. The second-order valence-electron chi connectivity index (χ2n) is 3.42. The molecule has 0 aromatic heterocycles. The third-order valence-electron chi connectivity index (χ3n) is 1.76. The summed E-state index contributed by atoms with van der Waals surface area (Å²) >= 11 is 0. The maximum atomic E-state index is 11.1. The number of nitrogens with zero attached hydrogens (tertiary/aromatic N) is 1. The first kappa shape index (κ1) is 11.8. The van der Waals surface area contributed by atoms with Gasteiger partial charge in [0.1, 0.15) is 5.75 Å². The van der Waals surface area contributed by atoms with Crippen LogP contribution >= 0.6 is 7.59 Å². The van der Waals surface area contributed by atoms with E-state index in [4.69, 9.17) is 11.0 Å². The van der Waals surface area contributed by atoms with Gasteiger partial charge in [-0.1, -0.05) is 0 Å². The van der Waals surface area contributed by atoms with E-state index in [1.807, 2.05) is 0 Å². The minimum Gasteiger partial charge on any atom is -0.506 e. The Labute approximate surface area is 88.4 Å². The van der Waals surface area contributed by atoms with Gasteiger partial charge in [-0.05, 0) is 12.1 Å². The van der Waals surface area contributed by atoms with Gasteiger partial charge >= 0.3 is 0 Å². The molecule has 0 spiro atoms.